The summed E-state index contributed by atoms with van der Waals surface area (Å²) in [7, 11) is 1.55. The Hall–Kier alpha value is -3.85. The van der Waals surface area contributed by atoms with Gasteiger partial charge in [0, 0.05) is 43.6 Å². The summed E-state index contributed by atoms with van der Waals surface area (Å²) in [6.07, 6.45) is 4.30. The average Bonchev–Trinajstić information content (AvgIpc) is 3.32. The maximum Gasteiger partial charge on any atom is 0.270 e. The highest BCUT2D eigenvalue weighted by atomic mass is 16.6. The summed E-state index contributed by atoms with van der Waals surface area (Å²) in [4.78, 5) is 54.6. The first-order chi connectivity index (χ1) is 16.4. The first-order valence-electron chi connectivity index (χ1n) is 11.1. The lowest BCUT2D eigenvalue weighted by atomic mass is 9.86. The highest BCUT2D eigenvalue weighted by Gasteiger charge is 2.63. The van der Waals surface area contributed by atoms with Crippen LogP contribution in [0.25, 0.3) is 6.08 Å². The van der Waals surface area contributed by atoms with Gasteiger partial charge in [-0.05, 0) is 18.1 Å². The monoisotopic (exact) mass is 461 g/mol. The van der Waals surface area contributed by atoms with Crippen molar-refractivity contribution in [2.24, 2.45) is 11.8 Å². The lowest BCUT2D eigenvalue weighted by Crippen LogP contribution is -2.48. The molecule has 4 atom stereocenters. The fourth-order valence-electron chi connectivity index (χ4n) is 5.41. The molecule has 0 radical (unpaired) electrons. The van der Waals surface area contributed by atoms with Crippen LogP contribution < -0.4 is 4.90 Å². The van der Waals surface area contributed by atoms with E-state index in [9.17, 15) is 24.5 Å². The number of ketones is 1. The van der Waals surface area contributed by atoms with Gasteiger partial charge in [0.25, 0.3) is 5.69 Å². The third-order valence-corrected chi connectivity index (χ3v) is 6.85. The van der Waals surface area contributed by atoms with Crippen molar-refractivity contribution in [1.82, 2.24) is 4.90 Å². The van der Waals surface area contributed by atoms with Gasteiger partial charge in [-0.3, -0.25) is 29.4 Å². The topological polar surface area (TPSA) is 110 Å². The number of hydrogen-bond donors (Lipinski definition) is 0. The zero-order chi connectivity index (χ0) is 24.0. The van der Waals surface area contributed by atoms with Crippen molar-refractivity contribution < 1.29 is 24.0 Å². The lowest BCUT2D eigenvalue weighted by molar-refractivity contribution is -0.384. The molecule has 0 saturated carbocycles. The molecule has 0 unspecified atom stereocenters. The minimum atomic E-state index is -0.952. The van der Waals surface area contributed by atoms with Gasteiger partial charge >= 0.3 is 0 Å². The van der Waals surface area contributed by atoms with Crippen LogP contribution in [0.3, 0.4) is 0 Å². The molecule has 174 valence electrons. The van der Waals surface area contributed by atoms with E-state index in [1.54, 1.807) is 7.11 Å². The van der Waals surface area contributed by atoms with Crippen molar-refractivity contribution in [2.45, 2.75) is 18.5 Å². The van der Waals surface area contributed by atoms with E-state index >= 15 is 0 Å². The van der Waals surface area contributed by atoms with E-state index in [-0.39, 0.29) is 29.6 Å². The van der Waals surface area contributed by atoms with Crippen molar-refractivity contribution >= 4 is 35.0 Å². The quantitative estimate of drug-likeness (QED) is 0.205. The molecule has 3 aliphatic heterocycles. The number of carbonyl (C=O) groups excluding carboxylic acids is 3. The summed E-state index contributed by atoms with van der Waals surface area (Å²) < 4.78 is 5.06. The number of benzene rings is 2. The number of rotatable bonds is 7. The molecule has 34 heavy (non-hydrogen) atoms. The van der Waals surface area contributed by atoms with E-state index in [0.29, 0.717) is 13.0 Å². The van der Waals surface area contributed by atoms with E-state index in [0.717, 1.165) is 11.3 Å². The van der Waals surface area contributed by atoms with Gasteiger partial charge in [-0.1, -0.05) is 42.5 Å². The molecule has 9 nitrogen and oxygen atoms in total. The van der Waals surface area contributed by atoms with Gasteiger partial charge in [-0.15, -0.1) is 0 Å². The van der Waals surface area contributed by atoms with Crippen LogP contribution in [0.1, 0.15) is 22.3 Å². The molecule has 2 aromatic carbocycles. The van der Waals surface area contributed by atoms with Crippen molar-refractivity contribution in [3.8, 4) is 0 Å². The molecule has 3 heterocycles. The molecular weight excluding hydrogens is 438 g/mol. The predicted octanol–water partition coefficient (Wildman–Crippen LogP) is 2.70. The van der Waals surface area contributed by atoms with Crippen LogP contribution >= 0.6 is 0 Å². The number of Topliss-reactive ketones (excluding diaryl/α,β-unsaturated/α-hetero) is 1. The minimum Gasteiger partial charge on any atom is -0.385 e. The zero-order valence-corrected chi connectivity index (χ0v) is 18.5. The predicted molar refractivity (Wildman–Crippen MR) is 123 cm³/mol. The zero-order valence-electron chi connectivity index (χ0n) is 18.5. The van der Waals surface area contributed by atoms with E-state index < -0.39 is 34.6 Å². The maximum absolute atomic E-state index is 13.9. The van der Waals surface area contributed by atoms with Gasteiger partial charge in [-0.25, -0.2) is 0 Å². The van der Waals surface area contributed by atoms with Gasteiger partial charge in [0.1, 0.15) is 6.04 Å². The SMILES string of the molecule is COCCCN1C(=O)[C@@H]2[C@H](C1=O)[C@H]1C=Cc3ccccc3N1[C@@H]2C(=O)c1cccc([N+](=O)[O-])c1. The van der Waals surface area contributed by atoms with Crippen LogP contribution in [0.4, 0.5) is 11.4 Å². The molecule has 0 aromatic heterocycles. The second kappa shape index (κ2) is 8.49. The Kier molecular flexibility index (Phi) is 5.49. The smallest absolute Gasteiger partial charge is 0.270 e. The van der Waals surface area contributed by atoms with E-state index in [1.165, 1.54) is 29.2 Å². The van der Waals surface area contributed by atoms with E-state index in [2.05, 4.69) is 0 Å². The van der Waals surface area contributed by atoms with Gasteiger partial charge in [0.05, 0.1) is 22.8 Å². The van der Waals surface area contributed by atoms with Crippen LogP contribution in [0.5, 0.6) is 0 Å². The first kappa shape index (κ1) is 22.0. The number of non-ortho nitro benzene ring substituents is 1. The Morgan fingerprint density at radius 3 is 2.62 bits per heavy atom. The van der Waals surface area contributed by atoms with Crippen molar-refractivity contribution in [3.05, 3.63) is 75.8 Å². The summed E-state index contributed by atoms with van der Waals surface area (Å²) >= 11 is 0. The molecular formula is C25H23N3O6. The summed E-state index contributed by atoms with van der Waals surface area (Å²) in [5, 5.41) is 11.3. The molecule has 0 spiro atoms. The number of anilines is 1. The average molecular weight is 461 g/mol. The number of para-hydroxylation sites is 1. The maximum atomic E-state index is 13.9. The Balaban J connectivity index is 1.59. The number of carbonyl (C=O) groups is 3. The number of ether oxygens (including phenoxy) is 1. The number of hydrogen-bond acceptors (Lipinski definition) is 7. The number of fused-ring (bicyclic) bond motifs is 5. The number of amides is 2. The standard InChI is InChI=1S/C25H23N3O6/c1-34-13-5-12-26-24(30)20-19-11-10-15-6-2-3-9-18(15)27(19)22(21(20)25(26)31)23(29)16-7-4-8-17(14-16)28(32)33/h2-4,6-11,14,19-22H,5,12-13H2,1H3/t19-,20-,21-,22+/m1/s1. The van der Waals surface area contributed by atoms with Gasteiger partial charge in [0.15, 0.2) is 5.78 Å². The molecule has 0 bridgehead atoms. The third-order valence-electron chi connectivity index (χ3n) is 6.85. The van der Waals surface area contributed by atoms with Crippen LogP contribution in [0.2, 0.25) is 0 Å². The minimum absolute atomic E-state index is 0.142. The Morgan fingerprint density at radius 1 is 1.09 bits per heavy atom. The normalized spacial score (nSPS) is 24.7. The molecule has 3 aliphatic rings. The number of nitro benzene ring substituents is 1. The number of nitro groups is 1. The largest absolute Gasteiger partial charge is 0.385 e. The van der Waals surface area contributed by atoms with Gasteiger partial charge < -0.3 is 9.64 Å². The molecule has 0 N–H and O–H groups in total. The number of nitrogens with zero attached hydrogens (tertiary/aromatic N) is 3. The van der Waals surface area contributed by atoms with E-state index in [4.69, 9.17) is 4.74 Å². The summed E-state index contributed by atoms with van der Waals surface area (Å²) in [6.45, 7) is 0.633. The Labute approximate surface area is 195 Å². The molecule has 0 aliphatic carbocycles. The first-order valence-corrected chi connectivity index (χ1v) is 11.1. The fourth-order valence-corrected chi connectivity index (χ4v) is 5.41. The number of likely N-dealkylation sites (tertiary alicyclic amines) is 1. The highest BCUT2D eigenvalue weighted by molar-refractivity contribution is 6.14. The second-order valence-corrected chi connectivity index (χ2v) is 8.66. The Bertz CT molecular complexity index is 1220. The molecule has 2 amide bonds. The van der Waals surface area contributed by atoms with Crippen LogP contribution in [0, 0.1) is 22.0 Å². The van der Waals surface area contributed by atoms with Crippen molar-refractivity contribution in [1.29, 1.82) is 0 Å². The van der Waals surface area contributed by atoms with Crippen molar-refractivity contribution in [2.75, 3.05) is 25.2 Å². The van der Waals surface area contributed by atoms with Crippen LogP contribution in [-0.2, 0) is 14.3 Å². The van der Waals surface area contributed by atoms with E-state index in [1.807, 2.05) is 41.3 Å². The van der Waals surface area contributed by atoms with Crippen LogP contribution in [-0.4, -0.2) is 59.8 Å². The van der Waals surface area contributed by atoms with Gasteiger partial charge in [0.2, 0.25) is 11.8 Å². The highest BCUT2D eigenvalue weighted by Crippen LogP contribution is 2.49. The third kappa shape index (κ3) is 3.31. The molecule has 2 aromatic rings. The summed E-state index contributed by atoms with van der Waals surface area (Å²) in [5.41, 5.74) is 1.58. The van der Waals surface area contributed by atoms with Gasteiger partial charge in [-0.2, -0.15) is 0 Å². The lowest BCUT2D eigenvalue weighted by Gasteiger charge is -2.36. The molecule has 5 rings (SSSR count). The second-order valence-electron chi connectivity index (χ2n) is 8.66. The fraction of sp³-hybridized carbons (Fsp3) is 0.320. The molecule has 9 heteroatoms. The number of imide groups is 1. The van der Waals surface area contributed by atoms with Crippen LogP contribution in [0.15, 0.2) is 54.6 Å². The molecule has 2 fully saturated rings. The number of methoxy groups -OCH3 is 1. The molecule has 2 saturated heterocycles. The van der Waals surface area contributed by atoms with Crippen molar-refractivity contribution in [3.63, 3.8) is 0 Å². The Morgan fingerprint density at radius 2 is 1.85 bits per heavy atom. The summed E-state index contributed by atoms with van der Waals surface area (Å²) in [5.74, 6) is -2.66. The summed E-state index contributed by atoms with van der Waals surface area (Å²) in [6, 6.07) is 11.6.